The molecule has 4 heterocycles. The van der Waals surface area contributed by atoms with E-state index in [-0.39, 0.29) is 5.91 Å². The average molecular weight is 511 g/mol. The van der Waals surface area contributed by atoms with Crippen molar-refractivity contribution in [3.63, 3.8) is 0 Å². The van der Waals surface area contributed by atoms with Crippen molar-refractivity contribution < 1.29 is 19.0 Å². The number of ether oxygens (including phenoxy) is 3. The first-order chi connectivity index (χ1) is 17.9. The highest BCUT2D eigenvalue weighted by atomic mass is 16.7. The molecule has 37 heavy (non-hydrogen) atoms. The molecule has 0 aromatic carbocycles. The standard InChI is InChI=1S/C27H38N6O4/c1-18-23(20-8-6-5-7-9-20)31-32(3)25(18)30-24(28-19(2)34)21-10-11-22(29-26(21)35-4)33-14-12-27(13-15-33)36-16-17-37-27/h10-11,20H,5-9,12-17H2,1-4H3,(H,28,30,34). The van der Waals surface area contributed by atoms with Crippen molar-refractivity contribution in [1.82, 2.24) is 20.1 Å². The van der Waals surface area contributed by atoms with Crippen LogP contribution in [0.25, 0.3) is 0 Å². The van der Waals surface area contributed by atoms with E-state index < -0.39 is 5.79 Å². The van der Waals surface area contributed by atoms with Crippen molar-refractivity contribution >= 4 is 23.4 Å². The number of nitrogens with zero attached hydrogens (tertiary/aromatic N) is 5. The number of amidine groups is 1. The lowest BCUT2D eigenvalue weighted by Gasteiger charge is -2.38. The van der Waals surface area contributed by atoms with Gasteiger partial charge in [0.1, 0.15) is 11.7 Å². The van der Waals surface area contributed by atoms with Crippen LogP contribution < -0.4 is 15.0 Å². The fourth-order valence-electron chi connectivity index (χ4n) is 5.79. The van der Waals surface area contributed by atoms with Gasteiger partial charge in [-0.2, -0.15) is 10.1 Å². The van der Waals surface area contributed by atoms with E-state index in [4.69, 9.17) is 29.3 Å². The van der Waals surface area contributed by atoms with Crippen molar-refractivity contribution in [2.24, 2.45) is 12.0 Å². The van der Waals surface area contributed by atoms with Crippen molar-refractivity contribution in [2.75, 3.05) is 38.3 Å². The lowest BCUT2D eigenvalue weighted by atomic mass is 9.86. The number of methoxy groups -OCH3 is 1. The molecule has 0 radical (unpaired) electrons. The van der Waals surface area contributed by atoms with Crippen LogP contribution in [0.3, 0.4) is 0 Å². The lowest BCUT2D eigenvalue weighted by molar-refractivity contribution is -0.169. The number of hydrogen-bond acceptors (Lipinski definition) is 8. The number of anilines is 1. The van der Waals surface area contributed by atoms with Gasteiger partial charge in [-0.05, 0) is 31.9 Å². The van der Waals surface area contributed by atoms with Crippen LogP contribution in [0.5, 0.6) is 5.88 Å². The highest BCUT2D eigenvalue weighted by Gasteiger charge is 2.40. The molecular weight excluding hydrogens is 472 g/mol. The Kier molecular flexibility index (Phi) is 7.48. The SMILES string of the molecule is COc1nc(N2CCC3(CC2)OCCO3)ccc1/C(=N/c1c(C)c(C2CCCCC2)nn1C)NC(C)=O. The Morgan fingerprint density at radius 2 is 1.86 bits per heavy atom. The van der Waals surface area contributed by atoms with Gasteiger partial charge in [0.15, 0.2) is 11.6 Å². The average Bonchev–Trinajstić information content (AvgIpc) is 3.48. The van der Waals surface area contributed by atoms with Crippen LogP contribution in [0.15, 0.2) is 17.1 Å². The molecule has 2 aromatic heterocycles. The zero-order chi connectivity index (χ0) is 26.0. The summed E-state index contributed by atoms with van der Waals surface area (Å²) in [4.78, 5) is 24.1. The highest BCUT2D eigenvalue weighted by Crippen LogP contribution is 2.37. The summed E-state index contributed by atoms with van der Waals surface area (Å²) in [5, 5.41) is 7.73. The van der Waals surface area contributed by atoms with Gasteiger partial charge in [0.25, 0.3) is 0 Å². The van der Waals surface area contributed by atoms with E-state index in [1.807, 2.05) is 23.9 Å². The second kappa shape index (κ2) is 10.8. The lowest BCUT2D eigenvalue weighted by Crippen LogP contribution is -2.45. The Morgan fingerprint density at radius 1 is 1.16 bits per heavy atom. The summed E-state index contributed by atoms with van der Waals surface area (Å²) < 4.78 is 19.2. The van der Waals surface area contributed by atoms with E-state index in [0.717, 1.165) is 61.7 Å². The molecule has 0 unspecified atom stereocenters. The summed E-state index contributed by atoms with van der Waals surface area (Å²) in [5.74, 6) is 2.16. The predicted octanol–water partition coefficient (Wildman–Crippen LogP) is 3.74. The Balaban J connectivity index is 1.44. The molecule has 3 fully saturated rings. The quantitative estimate of drug-likeness (QED) is 0.483. The van der Waals surface area contributed by atoms with Gasteiger partial charge in [0.05, 0.1) is 31.6 Å². The number of amides is 1. The first kappa shape index (κ1) is 25.7. The van der Waals surface area contributed by atoms with Crippen molar-refractivity contribution in [1.29, 1.82) is 0 Å². The van der Waals surface area contributed by atoms with E-state index >= 15 is 0 Å². The van der Waals surface area contributed by atoms with Gasteiger partial charge < -0.3 is 24.4 Å². The van der Waals surface area contributed by atoms with Gasteiger partial charge in [0.2, 0.25) is 11.8 Å². The third-order valence-corrected chi connectivity index (χ3v) is 7.74. The molecule has 2 aliphatic heterocycles. The number of aryl methyl sites for hydroxylation is 1. The number of rotatable bonds is 5. The number of pyridine rings is 1. The summed E-state index contributed by atoms with van der Waals surface area (Å²) in [7, 11) is 3.49. The molecule has 3 aliphatic rings. The number of carbonyl (C=O) groups is 1. The van der Waals surface area contributed by atoms with Crippen molar-refractivity contribution in [3.05, 3.63) is 29.0 Å². The Bertz CT molecular complexity index is 1150. The minimum atomic E-state index is -0.441. The maximum Gasteiger partial charge on any atom is 0.226 e. The summed E-state index contributed by atoms with van der Waals surface area (Å²) in [6.45, 7) is 6.42. The largest absolute Gasteiger partial charge is 0.480 e. The number of carbonyl (C=O) groups excluding carboxylic acids is 1. The molecule has 1 amide bonds. The molecule has 2 saturated heterocycles. The van der Waals surface area contributed by atoms with Gasteiger partial charge in [-0.15, -0.1) is 0 Å². The van der Waals surface area contributed by atoms with E-state index in [2.05, 4.69) is 17.1 Å². The van der Waals surface area contributed by atoms with Crippen LogP contribution in [0.2, 0.25) is 0 Å². The third-order valence-electron chi connectivity index (χ3n) is 7.74. The van der Waals surface area contributed by atoms with Crippen LogP contribution in [0.4, 0.5) is 11.6 Å². The zero-order valence-electron chi connectivity index (χ0n) is 22.4. The van der Waals surface area contributed by atoms with E-state index in [9.17, 15) is 4.79 Å². The van der Waals surface area contributed by atoms with Crippen LogP contribution in [-0.4, -0.2) is 65.7 Å². The van der Waals surface area contributed by atoms with Gasteiger partial charge in [-0.1, -0.05) is 19.3 Å². The normalized spacial score (nSPS) is 20.4. The Labute approximate surface area is 218 Å². The Morgan fingerprint density at radius 3 is 2.51 bits per heavy atom. The topological polar surface area (TPSA) is 103 Å². The fourth-order valence-corrected chi connectivity index (χ4v) is 5.79. The van der Waals surface area contributed by atoms with E-state index in [1.54, 1.807) is 7.11 Å². The molecule has 5 rings (SSSR count). The highest BCUT2D eigenvalue weighted by molar-refractivity contribution is 6.09. The van der Waals surface area contributed by atoms with Gasteiger partial charge in [-0.3, -0.25) is 9.48 Å². The molecule has 0 atom stereocenters. The number of aliphatic imine (C=N–C) groups is 1. The fraction of sp³-hybridized carbons (Fsp3) is 0.630. The summed E-state index contributed by atoms with van der Waals surface area (Å²) in [5.41, 5.74) is 2.79. The maximum absolute atomic E-state index is 12.2. The number of nitrogens with one attached hydrogen (secondary N) is 1. The molecule has 1 aliphatic carbocycles. The maximum atomic E-state index is 12.2. The number of piperidine rings is 1. The first-order valence-corrected chi connectivity index (χ1v) is 13.4. The third kappa shape index (κ3) is 5.36. The second-order valence-electron chi connectivity index (χ2n) is 10.3. The summed E-state index contributed by atoms with van der Waals surface area (Å²) >= 11 is 0. The molecule has 10 nitrogen and oxygen atoms in total. The van der Waals surface area contributed by atoms with Gasteiger partial charge in [0, 0.05) is 51.4 Å². The van der Waals surface area contributed by atoms with Crippen LogP contribution in [0.1, 0.15) is 74.6 Å². The zero-order valence-corrected chi connectivity index (χ0v) is 22.4. The van der Waals surface area contributed by atoms with Crippen molar-refractivity contribution in [2.45, 2.75) is 70.5 Å². The summed E-state index contributed by atoms with van der Waals surface area (Å²) in [6, 6.07) is 3.86. The summed E-state index contributed by atoms with van der Waals surface area (Å²) in [6.07, 6.45) is 7.68. The van der Waals surface area contributed by atoms with E-state index in [1.165, 1.54) is 26.2 Å². The molecular formula is C27H38N6O4. The first-order valence-electron chi connectivity index (χ1n) is 13.4. The van der Waals surface area contributed by atoms with E-state index in [0.29, 0.717) is 36.4 Å². The minimum Gasteiger partial charge on any atom is -0.480 e. The molecule has 10 heteroatoms. The number of aromatic nitrogens is 3. The molecule has 1 N–H and O–H groups in total. The molecule has 1 spiro atoms. The molecule has 2 aromatic rings. The molecule has 0 bridgehead atoms. The smallest absolute Gasteiger partial charge is 0.226 e. The minimum absolute atomic E-state index is 0.213. The van der Waals surface area contributed by atoms with Crippen LogP contribution >= 0.6 is 0 Å². The Hall–Kier alpha value is -2.98. The second-order valence-corrected chi connectivity index (χ2v) is 10.3. The number of hydrogen-bond donors (Lipinski definition) is 1. The monoisotopic (exact) mass is 510 g/mol. The van der Waals surface area contributed by atoms with Gasteiger partial charge >= 0.3 is 0 Å². The van der Waals surface area contributed by atoms with Gasteiger partial charge in [-0.25, -0.2) is 4.99 Å². The van der Waals surface area contributed by atoms with Crippen LogP contribution in [-0.2, 0) is 21.3 Å². The predicted molar refractivity (Wildman–Crippen MR) is 141 cm³/mol. The molecule has 1 saturated carbocycles. The van der Waals surface area contributed by atoms with Crippen molar-refractivity contribution in [3.8, 4) is 5.88 Å². The molecule has 200 valence electrons. The van der Waals surface area contributed by atoms with Crippen LogP contribution in [0, 0.1) is 6.92 Å².